The van der Waals surface area contributed by atoms with Gasteiger partial charge < -0.3 is 9.88 Å². The number of hydrogen-bond acceptors (Lipinski definition) is 1. The Labute approximate surface area is 116 Å². The lowest BCUT2D eigenvalue weighted by Crippen LogP contribution is -2.24. The highest BCUT2D eigenvalue weighted by Gasteiger charge is 2.28. The molecule has 0 radical (unpaired) electrons. The van der Waals surface area contributed by atoms with Crippen LogP contribution < -0.4 is 0 Å². The monoisotopic (exact) mass is 306 g/mol. The maximum absolute atomic E-state index is 3.57. The number of aromatic amines is 1. The van der Waals surface area contributed by atoms with Crippen molar-refractivity contribution in [3.63, 3.8) is 0 Å². The minimum absolute atomic E-state index is 0.709. The number of hydrogen-bond donors (Lipinski definition) is 1. The first kappa shape index (κ1) is 12.2. The molecule has 1 saturated carbocycles. The molecule has 2 atom stereocenters. The number of nitrogens with zero attached hydrogens (tertiary/aromatic N) is 1. The third kappa shape index (κ3) is 2.10. The number of H-pyrrole nitrogens is 1. The van der Waals surface area contributed by atoms with E-state index in [2.05, 4.69) is 64.3 Å². The molecule has 1 aliphatic carbocycles. The van der Waals surface area contributed by atoms with Crippen molar-refractivity contribution < 1.29 is 0 Å². The second-order valence-electron chi connectivity index (χ2n) is 5.56. The summed E-state index contributed by atoms with van der Waals surface area (Å²) in [4.78, 5) is 5.77. The Kier molecular flexibility index (Phi) is 3.20. The Balaban J connectivity index is 1.93. The molecule has 18 heavy (non-hydrogen) atoms. The Morgan fingerprint density at radius 2 is 2.11 bits per heavy atom. The maximum atomic E-state index is 3.57. The van der Waals surface area contributed by atoms with Gasteiger partial charge in [0.05, 0.1) is 0 Å². The highest BCUT2D eigenvalue weighted by Crippen LogP contribution is 2.39. The topological polar surface area (TPSA) is 19.0 Å². The maximum Gasteiger partial charge on any atom is 0.0457 e. The Bertz CT molecular complexity index is 559. The molecule has 1 fully saturated rings. The lowest BCUT2D eigenvalue weighted by Gasteiger charge is -2.18. The van der Waals surface area contributed by atoms with E-state index in [0.29, 0.717) is 5.92 Å². The summed E-state index contributed by atoms with van der Waals surface area (Å²) in [5, 5.41) is 1.38. The number of fused-ring (bicyclic) bond motifs is 1. The third-order valence-electron chi connectivity index (χ3n) is 4.25. The van der Waals surface area contributed by atoms with Crippen molar-refractivity contribution in [2.45, 2.75) is 31.2 Å². The molecular formula is C15H19BrN2. The molecule has 1 heterocycles. The largest absolute Gasteiger partial charge is 0.361 e. The number of nitrogens with one attached hydrogen (secondary N) is 1. The van der Waals surface area contributed by atoms with Crippen LogP contribution in [0.15, 0.2) is 28.9 Å². The quantitative estimate of drug-likeness (QED) is 0.884. The first-order valence-electron chi connectivity index (χ1n) is 6.58. The van der Waals surface area contributed by atoms with Gasteiger partial charge in [0.15, 0.2) is 0 Å². The summed E-state index contributed by atoms with van der Waals surface area (Å²) < 4.78 is 1.16. The average molecular weight is 307 g/mol. The van der Waals surface area contributed by atoms with Crippen LogP contribution in [0.25, 0.3) is 10.9 Å². The Hall–Kier alpha value is -0.800. The third-order valence-corrected chi connectivity index (χ3v) is 4.74. The molecule has 3 rings (SSSR count). The van der Waals surface area contributed by atoms with Gasteiger partial charge in [-0.05, 0) is 63.0 Å². The molecule has 2 nitrogen and oxygen atoms in total. The van der Waals surface area contributed by atoms with Crippen LogP contribution in [-0.2, 0) is 0 Å². The van der Waals surface area contributed by atoms with Crippen molar-refractivity contribution in [1.29, 1.82) is 0 Å². The molecule has 0 aliphatic heterocycles. The first-order chi connectivity index (χ1) is 8.65. The molecule has 1 aromatic carbocycles. The lowest BCUT2D eigenvalue weighted by molar-refractivity contribution is 0.297. The minimum Gasteiger partial charge on any atom is -0.361 e. The van der Waals surface area contributed by atoms with Gasteiger partial charge in [0.2, 0.25) is 0 Å². The zero-order valence-corrected chi connectivity index (χ0v) is 12.5. The second kappa shape index (κ2) is 4.71. The molecule has 0 spiro atoms. The van der Waals surface area contributed by atoms with Gasteiger partial charge in [-0.2, -0.15) is 0 Å². The fourth-order valence-corrected chi connectivity index (χ4v) is 3.52. The second-order valence-corrected chi connectivity index (χ2v) is 6.48. The van der Waals surface area contributed by atoms with Crippen molar-refractivity contribution in [2.75, 3.05) is 14.1 Å². The lowest BCUT2D eigenvalue weighted by atomic mass is 9.97. The van der Waals surface area contributed by atoms with Crippen LogP contribution >= 0.6 is 15.9 Å². The number of aromatic nitrogens is 1. The number of rotatable bonds is 2. The molecule has 3 heteroatoms. The first-order valence-corrected chi connectivity index (χ1v) is 7.37. The average Bonchev–Trinajstić information content (AvgIpc) is 2.93. The van der Waals surface area contributed by atoms with Crippen LogP contribution in [0.3, 0.4) is 0 Å². The van der Waals surface area contributed by atoms with Crippen LogP contribution in [0.4, 0.5) is 0 Å². The molecular weight excluding hydrogens is 288 g/mol. The fourth-order valence-electron chi connectivity index (χ4n) is 3.16. The molecule has 1 aliphatic rings. The van der Waals surface area contributed by atoms with Crippen LogP contribution in [0.5, 0.6) is 0 Å². The van der Waals surface area contributed by atoms with E-state index in [1.54, 1.807) is 0 Å². The van der Waals surface area contributed by atoms with Crippen molar-refractivity contribution >= 4 is 26.8 Å². The molecule has 0 amide bonds. The van der Waals surface area contributed by atoms with E-state index in [9.17, 15) is 0 Å². The molecule has 0 bridgehead atoms. The van der Waals surface area contributed by atoms with E-state index in [1.165, 1.54) is 35.7 Å². The highest BCUT2D eigenvalue weighted by molar-refractivity contribution is 9.10. The molecule has 96 valence electrons. The van der Waals surface area contributed by atoms with Gasteiger partial charge in [-0.15, -0.1) is 0 Å². The smallest absolute Gasteiger partial charge is 0.0457 e. The van der Waals surface area contributed by atoms with Crippen LogP contribution in [0.2, 0.25) is 0 Å². The van der Waals surface area contributed by atoms with Gasteiger partial charge in [-0.25, -0.2) is 0 Å². The van der Waals surface area contributed by atoms with Crippen molar-refractivity contribution in [1.82, 2.24) is 9.88 Å². The van der Waals surface area contributed by atoms with Gasteiger partial charge in [0.25, 0.3) is 0 Å². The summed E-state index contributed by atoms with van der Waals surface area (Å²) in [5.41, 5.74) is 2.75. The van der Waals surface area contributed by atoms with E-state index < -0.39 is 0 Å². The van der Waals surface area contributed by atoms with Crippen molar-refractivity contribution in [2.24, 2.45) is 0 Å². The molecule has 1 N–H and O–H groups in total. The van der Waals surface area contributed by atoms with Crippen LogP contribution in [0, 0.1) is 0 Å². The molecule has 1 aromatic heterocycles. The zero-order valence-electron chi connectivity index (χ0n) is 10.9. The Morgan fingerprint density at radius 1 is 1.28 bits per heavy atom. The predicted octanol–water partition coefficient (Wildman–Crippen LogP) is 4.13. The van der Waals surface area contributed by atoms with E-state index in [0.717, 1.165) is 10.5 Å². The van der Waals surface area contributed by atoms with Gasteiger partial charge in [0, 0.05) is 27.6 Å². The van der Waals surface area contributed by atoms with Crippen molar-refractivity contribution in [3.8, 4) is 0 Å². The summed E-state index contributed by atoms with van der Waals surface area (Å²) in [6.07, 6.45) is 6.12. The summed E-state index contributed by atoms with van der Waals surface area (Å²) in [7, 11) is 4.39. The van der Waals surface area contributed by atoms with Gasteiger partial charge in [-0.3, -0.25) is 0 Å². The summed E-state index contributed by atoms with van der Waals surface area (Å²) in [6.45, 7) is 0. The number of halogens is 1. The van der Waals surface area contributed by atoms with E-state index in [4.69, 9.17) is 0 Å². The van der Waals surface area contributed by atoms with E-state index >= 15 is 0 Å². The Morgan fingerprint density at radius 3 is 2.83 bits per heavy atom. The van der Waals surface area contributed by atoms with E-state index in [1.807, 2.05) is 0 Å². The van der Waals surface area contributed by atoms with Gasteiger partial charge >= 0.3 is 0 Å². The summed E-state index contributed by atoms with van der Waals surface area (Å²) in [5.74, 6) is 0.709. The fraction of sp³-hybridized carbons (Fsp3) is 0.467. The standard InChI is InChI=1S/C15H19BrN2/c1-18(2)12-5-3-10(7-12)14-9-17-15-6-4-11(16)8-13(14)15/h4,6,8-10,12,17H,3,5,7H2,1-2H3. The summed E-state index contributed by atoms with van der Waals surface area (Å²) >= 11 is 3.57. The predicted molar refractivity (Wildman–Crippen MR) is 80.1 cm³/mol. The van der Waals surface area contributed by atoms with Crippen LogP contribution in [0.1, 0.15) is 30.7 Å². The SMILES string of the molecule is CN(C)C1CCC(c2c[nH]c3ccc(Br)cc23)C1. The molecule has 0 saturated heterocycles. The summed E-state index contributed by atoms with van der Waals surface area (Å²) in [6, 6.07) is 7.23. The zero-order chi connectivity index (χ0) is 12.7. The molecule has 2 aromatic rings. The number of benzene rings is 1. The van der Waals surface area contributed by atoms with Crippen molar-refractivity contribution in [3.05, 3.63) is 34.4 Å². The molecule has 2 unspecified atom stereocenters. The van der Waals surface area contributed by atoms with E-state index in [-0.39, 0.29) is 0 Å². The van der Waals surface area contributed by atoms with Crippen LogP contribution in [-0.4, -0.2) is 30.0 Å². The minimum atomic E-state index is 0.709. The highest BCUT2D eigenvalue weighted by atomic mass is 79.9. The van der Waals surface area contributed by atoms with Gasteiger partial charge in [-0.1, -0.05) is 15.9 Å². The van der Waals surface area contributed by atoms with Gasteiger partial charge in [0.1, 0.15) is 0 Å². The normalized spacial score (nSPS) is 24.2.